The van der Waals surface area contributed by atoms with Crippen LogP contribution in [0.15, 0.2) is 23.4 Å². The number of methoxy groups -OCH3 is 3. The summed E-state index contributed by atoms with van der Waals surface area (Å²) in [7, 11) is 4.67. The van der Waals surface area contributed by atoms with Gasteiger partial charge in [-0.2, -0.15) is 4.68 Å². The number of carbonyl (C=O) groups excluding carboxylic acids is 1. The van der Waals surface area contributed by atoms with E-state index >= 15 is 0 Å². The quantitative estimate of drug-likeness (QED) is 0.856. The van der Waals surface area contributed by atoms with Crippen molar-refractivity contribution in [2.24, 2.45) is 5.41 Å². The lowest BCUT2D eigenvalue weighted by molar-refractivity contribution is -0.118. The molecule has 2 heterocycles. The standard InChI is InChI=1S/C19H23N5O4/c1-19(2)8-11-15(12(25)9-19)16(24-18(20-11)21-22-23-24)10-6-13(26-3)17(28-5)14(7-10)27-4/h6-7,16H,8-9H2,1-5H3,(H,20,21,23)/t16-/m1/s1. The number of benzene rings is 1. The number of nitrogens with zero attached hydrogens (tertiary/aromatic N) is 4. The van der Waals surface area contributed by atoms with Crippen LogP contribution in [0.5, 0.6) is 17.2 Å². The number of rotatable bonds is 4. The van der Waals surface area contributed by atoms with Gasteiger partial charge in [0.15, 0.2) is 17.3 Å². The average molecular weight is 385 g/mol. The van der Waals surface area contributed by atoms with Gasteiger partial charge in [0.25, 0.3) is 0 Å². The SMILES string of the molecule is COc1cc([C@@H]2C3=C(CC(C)(C)CC3=O)Nc3nnnn32)cc(OC)c1OC. The first kappa shape index (κ1) is 18.3. The van der Waals surface area contributed by atoms with Crippen LogP contribution in [0, 0.1) is 5.41 Å². The Hall–Kier alpha value is -3.10. The normalized spacial score (nSPS) is 20.2. The number of Topliss-reactive ketones (excluding diaryl/α,β-unsaturated/α-hetero) is 1. The number of tetrazole rings is 1. The van der Waals surface area contributed by atoms with E-state index in [-0.39, 0.29) is 11.2 Å². The molecule has 1 aromatic heterocycles. The van der Waals surface area contributed by atoms with Gasteiger partial charge in [-0.1, -0.05) is 18.9 Å². The molecule has 4 rings (SSSR count). The number of ketones is 1. The second-order valence-corrected chi connectivity index (χ2v) is 7.77. The highest BCUT2D eigenvalue weighted by molar-refractivity contribution is 6.00. The minimum Gasteiger partial charge on any atom is -0.493 e. The van der Waals surface area contributed by atoms with E-state index in [0.29, 0.717) is 35.2 Å². The number of anilines is 1. The molecule has 1 atom stereocenters. The molecule has 2 aromatic rings. The molecule has 9 nitrogen and oxygen atoms in total. The summed E-state index contributed by atoms with van der Waals surface area (Å²) in [4.78, 5) is 13.1. The van der Waals surface area contributed by atoms with Gasteiger partial charge in [-0.3, -0.25) is 4.79 Å². The van der Waals surface area contributed by atoms with Crippen LogP contribution in [0.2, 0.25) is 0 Å². The smallest absolute Gasteiger partial charge is 0.248 e. The number of carbonyl (C=O) groups is 1. The fraction of sp³-hybridized carbons (Fsp3) is 0.474. The number of allylic oxidation sites excluding steroid dienone is 2. The van der Waals surface area contributed by atoms with Crippen molar-refractivity contribution in [1.29, 1.82) is 0 Å². The number of hydrogen-bond acceptors (Lipinski definition) is 8. The molecule has 28 heavy (non-hydrogen) atoms. The van der Waals surface area contributed by atoms with Crippen LogP contribution in [0.1, 0.15) is 38.3 Å². The van der Waals surface area contributed by atoms with Crippen molar-refractivity contribution >= 4 is 11.7 Å². The van der Waals surface area contributed by atoms with Gasteiger partial charge in [-0.25, -0.2) is 0 Å². The van der Waals surface area contributed by atoms with Crippen LogP contribution >= 0.6 is 0 Å². The van der Waals surface area contributed by atoms with Crippen LogP contribution in [0.4, 0.5) is 5.95 Å². The van der Waals surface area contributed by atoms with Gasteiger partial charge in [0.1, 0.15) is 6.04 Å². The molecule has 9 heteroatoms. The fourth-order valence-electron chi connectivity index (χ4n) is 4.04. The maximum Gasteiger partial charge on any atom is 0.248 e. The largest absolute Gasteiger partial charge is 0.493 e. The van der Waals surface area contributed by atoms with Gasteiger partial charge >= 0.3 is 0 Å². The summed E-state index contributed by atoms with van der Waals surface area (Å²) in [6, 6.07) is 3.19. The molecule has 148 valence electrons. The van der Waals surface area contributed by atoms with E-state index in [1.54, 1.807) is 26.0 Å². The van der Waals surface area contributed by atoms with Gasteiger partial charge in [-0.15, -0.1) is 0 Å². The molecule has 0 fully saturated rings. The predicted molar refractivity (Wildman–Crippen MR) is 101 cm³/mol. The van der Waals surface area contributed by atoms with Gasteiger partial charge in [0.05, 0.1) is 21.3 Å². The number of hydrogen-bond donors (Lipinski definition) is 1. The third-order valence-electron chi connectivity index (χ3n) is 5.20. The second-order valence-electron chi connectivity index (χ2n) is 7.77. The summed E-state index contributed by atoms with van der Waals surface area (Å²) >= 11 is 0. The van der Waals surface area contributed by atoms with E-state index in [2.05, 4.69) is 34.7 Å². The number of aromatic nitrogens is 4. The van der Waals surface area contributed by atoms with Gasteiger partial charge < -0.3 is 19.5 Å². The van der Waals surface area contributed by atoms with E-state index < -0.39 is 6.04 Å². The number of ether oxygens (including phenoxy) is 3. The molecule has 0 amide bonds. The highest BCUT2D eigenvalue weighted by Crippen LogP contribution is 2.47. The lowest BCUT2D eigenvalue weighted by Crippen LogP contribution is -2.36. The predicted octanol–water partition coefficient (Wildman–Crippen LogP) is 2.36. The van der Waals surface area contributed by atoms with Crippen molar-refractivity contribution in [1.82, 2.24) is 20.2 Å². The van der Waals surface area contributed by atoms with E-state index in [1.165, 1.54) is 0 Å². The average Bonchev–Trinajstić information content (AvgIpc) is 3.12. The number of fused-ring (bicyclic) bond motifs is 1. The Labute approximate surface area is 162 Å². The Kier molecular flexibility index (Phi) is 4.24. The van der Waals surface area contributed by atoms with E-state index in [4.69, 9.17) is 14.2 Å². The van der Waals surface area contributed by atoms with Crippen molar-refractivity contribution in [3.05, 3.63) is 29.0 Å². The highest BCUT2D eigenvalue weighted by atomic mass is 16.5. The third kappa shape index (κ3) is 2.78. The van der Waals surface area contributed by atoms with E-state index in [9.17, 15) is 4.79 Å². The first-order valence-corrected chi connectivity index (χ1v) is 8.99. The summed E-state index contributed by atoms with van der Waals surface area (Å²) in [5, 5.41) is 15.2. The van der Waals surface area contributed by atoms with Crippen molar-refractivity contribution < 1.29 is 19.0 Å². The zero-order chi connectivity index (χ0) is 20.1. The molecule has 1 aliphatic heterocycles. The molecule has 1 aliphatic carbocycles. The zero-order valence-corrected chi connectivity index (χ0v) is 16.6. The molecular formula is C19H23N5O4. The lowest BCUT2D eigenvalue weighted by Gasteiger charge is -2.38. The molecule has 0 unspecified atom stereocenters. The van der Waals surface area contributed by atoms with Crippen molar-refractivity contribution in [3.8, 4) is 17.2 Å². The maximum atomic E-state index is 13.1. The van der Waals surface area contributed by atoms with Crippen LogP contribution in [-0.4, -0.2) is 47.3 Å². The molecule has 0 saturated carbocycles. The van der Waals surface area contributed by atoms with Crippen molar-refractivity contribution in [2.45, 2.75) is 32.7 Å². The molecule has 0 radical (unpaired) electrons. The lowest BCUT2D eigenvalue weighted by atomic mass is 9.73. The Bertz CT molecular complexity index is 953. The zero-order valence-electron chi connectivity index (χ0n) is 16.6. The van der Waals surface area contributed by atoms with Gasteiger partial charge in [0.2, 0.25) is 11.7 Å². The van der Waals surface area contributed by atoms with Gasteiger partial charge in [0, 0.05) is 17.7 Å². The summed E-state index contributed by atoms with van der Waals surface area (Å²) in [5.74, 6) is 2.10. The topological polar surface area (TPSA) is 100 Å². The molecule has 0 bridgehead atoms. The van der Waals surface area contributed by atoms with Crippen LogP contribution in [0.3, 0.4) is 0 Å². The highest BCUT2D eigenvalue weighted by Gasteiger charge is 2.42. The fourth-order valence-corrected chi connectivity index (χ4v) is 4.04. The first-order chi connectivity index (χ1) is 13.4. The van der Waals surface area contributed by atoms with Crippen LogP contribution in [-0.2, 0) is 4.79 Å². The maximum absolute atomic E-state index is 13.1. The van der Waals surface area contributed by atoms with Crippen LogP contribution < -0.4 is 19.5 Å². The van der Waals surface area contributed by atoms with E-state index in [1.807, 2.05) is 12.1 Å². The van der Waals surface area contributed by atoms with Crippen molar-refractivity contribution in [3.63, 3.8) is 0 Å². The van der Waals surface area contributed by atoms with E-state index in [0.717, 1.165) is 17.7 Å². The molecule has 2 aliphatic rings. The monoisotopic (exact) mass is 385 g/mol. The summed E-state index contributed by atoms with van der Waals surface area (Å²) in [6.45, 7) is 4.17. The van der Waals surface area contributed by atoms with Gasteiger partial charge in [-0.05, 0) is 40.0 Å². The molecular weight excluding hydrogens is 362 g/mol. The molecule has 0 saturated heterocycles. The Morgan fingerprint density at radius 2 is 1.79 bits per heavy atom. The first-order valence-electron chi connectivity index (χ1n) is 8.99. The minimum atomic E-state index is -0.474. The molecule has 1 N–H and O–H groups in total. The summed E-state index contributed by atoms with van der Waals surface area (Å²) in [5.41, 5.74) is 2.19. The Morgan fingerprint density at radius 3 is 2.39 bits per heavy atom. The minimum absolute atomic E-state index is 0.0821. The summed E-state index contributed by atoms with van der Waals surface area (Å²) in [6.07, 6.45) is 1.20. The Morgan fingerprint density at radius 1 is 1.11 bits per heavy atom. The molecule has 1 aromatic carbocycles. The van der Waals surface area contributed by atoms with Crippen molar-refractivity contribution in [2.75, 3.05) is 26.6 Å². The second kappa shape index (κ2) is 6.50. The van der Waals surface area contributed by atoms with Crippen LogP contribution in [0.25, 0.3) is 0 Å². The molecule has 0 spiro atoms. The summed E-state index contributed by atoms with van der Waals surface area (Å²) < 4.78 is 18.0. The number of nitrogens with one attached hydrogen (secondary N) is 1. The Balaban J connectivity index is 1.93. The third-order valence-corrected chi connectivity index (χ3v) is 5.20.